The average Bonchev–Trinajstić information content (AvgIpc) is 3.24. The number of aromatic amines is 1. The van der Waals surface area contributed by atoms with Crippen LogP contribution in [0.15, 0.2) is 68.6 Å². The molecule has 0 fully saturated rings. The molecule has 0 unspecified atom stereocenters. The van der Waals surface area contributed by atoms with Gasteiger partial charge in [-0.1, -0.05) is 45.8 Å². The lowest BCUT2D eigenvalue weighted by Crippen LogP contribution is -2.11. The fraction of sp³-hybridized carbons (Fsp3) is 0.100. The molecule has 0 bridgehead atoms. The minimum atomic E-state index is 0.859. The van der Waals surface area contributed by atoms with Crippen molar-refractivity contribution in [1.82, 2.24) is 9.66 Å². The molecule has 26 heavy (non-hydrogen) atoms. The first-order valence-electron chi connectivity index (χ1n) is 8.17. The summed E-state index contributed by atoms with van der Waals surface area (Å²) >= 11 is 5.12. The summed E-state index contributed by atoms with van der Waals surface area (Å²) in [6.45, 7) is 2.09. The summed E-state index contributed by atoms with van der Waals surface area (Å²) < 4.78 is 2.94. The van der Waals surface area contributed by atoms with Gasteiger partial charge in [0.25, 0.3) is 0 Å². The van der Waals surface area contributed by atoms with Crippen molar-refractivity contribution >= 4 is 44.4 Å². The van der Waals surface area contributed by atoms with E-state index in [0.717, 1.165) is 37.0 Å². The van der Waals surface area contributed by atoms with Crippen LogP contribution >= 0.6 is 27.3 Å². The first kappa shape index (κ1) is 17.0. The third kappa shape index (κ3) is 3.18. The molecule has 0 atom stereocenters. The second-order valence-corrected chi connectivity index (χ2v) is 7.74. The Kier molecular flexibility index (Phi) is 4.61. The van der Waals surface area contributed by atoms with Crippen LogP contribution in [0.1, 0.15) is 11.1 Å². The van der Waals surface area contributed by atoms with Gasteiger partial charge >= 0.3 is 0 Å². The molecule has 2 aromatic heterocycles. The van der Waals surface area contributed by atoms with Crippen LogP contribution in [-0.2, 0) is 0 Å². The Labute approximate surface area is 163 Å². The van der Waals surface area contributed by atoms with Crippen molar-refractivity contribution in [2.45, 2.75) is 6.92 Å². The highest BCUT2D eigenvalue weighted by molar-refractivity contribution is 9.10. The molecule has 2 heterocycles. The maximum Gasteiger partial charge on any atom is 0.205 e. The Morgan fingerprint density at radius 2 is 1.96 bits per heavy atom. The Hall–Kier alpha value is -2.44. The minimum Gasteiger partial charge on any atom is -0.361 e. The minimum absolute atomic E-state index is 0.859. The predicted molar refractivity (Wildman–Crippen MR) is 113 cm³/mol. The molecule has 0 aliphatic rings. The zero-order valence-corrected chi connectivity index (χ0v) is 16.8. The first-order valence-corrected chi connectivity index (χ1v) is 9.84. The number of H-pyrrole nitrogens is 1. The number of thiazole rings is 1. The molecule has 0 saturated carbocycles. The van der Waals surface area contributed by atoms with Gasteiger partial charge in [-0.3, -0.25) is 4.99 Å². The lowest BCUT2D eigenvalue weighted by atomic mass is 10.1. The Bertz CT molecular complexity index is 1160. The van der Waals surface area contributed by atoms with Crippen LogP contribution in [0.4, 0.5) is 0 Å². The van der Waals surface area contributed by atoms with Crippen LogP contribution < -0.4 is 4.80 Å². The van der Waals surface area contributed by atoms with Crippen molar-refractivity contribution in [2.75, 3.05) is 7.05 Å². The third-order valence-corrected chi connectivity index (χ3v) is 5.61. The van der Waals surface area contributed by atoms with E-state index in [0.29, 0.717) is 0 Å². The Morgan fingerprint density at radius 1 is 1.15 bits per heavy atom. The normalized spacial score (nSPS) is 12.5. The zero-order chi connectivity index (χ0) is 18.1. The Morgan fingerprint density at radius 3 is 2.73 bits per heavy atom. The van der Waals surface area contributed by atoms with Gasteiger partial charge in [0.05, 0.1) is 11.9 Å². The summed E-state index contributed by atoms with van der Waals surface area (Å²) in [6.07, 6.45) is 3.85. The van der Waals surface area contributed by atoms with Crippen LogP contribution in [0.25, 0.3) is 22.2 Å². The molecule has 0 spiro atoms. The van der Waals surface area contributed by atoms with Crippen molar-refractivity contribution in [2.24, 2.45) is 10.1 Å². The predicted octanol–water partition coefficient (Wildman–Crippen LogP) is 5.18. The first-order chi connectivity index (χ1) is 12.7. The molecular weight excluding hydrogens is 408 g/mol. The summed E-state index contributed by atoms with van der Waals surface area (Å²) in [5, 5.41) is 7.95. The second kappa shape index (κ2) is 7.05. The number of rotatable bonds is 3. The molecule has 4 nitrogen and oxygen atoms in total. The Balaban J connectivity index is 1.80. The smallest absolute Gasteiger partial charge is 0.205 e. The van der Waals surface area contributed by atoms with E-state index in [2.05, 4.69) is 74.6 Å². The zero-order valence-electron chi connectivity index (χ0n) is 14.4. The SMILES string of the molecule is CN=c1scc(-c2ccc(C)cc2)n1N=Cc1c[nH]c2ccc(Br)cc12. The average molecular weight is 425 g/mol. The fourth-order valence-corrected chi connectivity index (χ4v) is 3.99. The van der Waals surface area contributed by atoms with E-state index >= 15 is 0 Å². The molecule has 130 valence electrons. The van der Waals surface area contributed by atoms with Crippen LogP contribution in [0.3, 0.4) is 0 Å². The fourth-order valence-electron chi connectivity index (χ4n) is 2.83. The van der Waals surface area contributed by atoms with Gasteiger partial charge in [-0.15, -0.1) is 11.3 Å². The number of hydrogen-bond donors (Lipinski definition) is 1. The highest BCUT2D eigenvalue weighted by atomic mass is 79.9. The molecule has 0 aliphatic heterocycles. The van der Waals surface area contributed by atoms with Gasteiger partial charge < -0.3 is 4.98 Å². The third-order valence-electron chi connectivity index (χ3n) is 4.21. The molecule has 4 rings (SSSR count). The summed E-state index contributed by atoms with van der Waals surface area (Å²) in [6, 6.07) is 14.6. The highest BCUT2D eigenvalue weighted by Gasteiger charge is 2.08. The van der Waals surface area contributed by atoms with E-state index in [1.54, 1.807) is 18.4 Å². The van der Waals surface area contributed by atoms with E-state index in [-0.39, 0.29) is 0 Å². The maximum absolute atomic E-state index is 4.73. The van der Waals surface area contributed by atoms with Gasteiger partial charge in [-0.25, -0.2) is 4.68 Å². The number of aromatic nitrogens is 2. The van der Waals surface area contributed by atoms with E-state index in [1.165, 1.54) is 5.56 Å². The number of fused-ring (bicyclic) bond motifs is 1. The molecule has 0 saturated heterocycles. The summed E-state index contributed by atoms with van der Waals surface area (Å²) in [5.74, 6) is 0. The largest absolute Gasteiger partial charge is 0.361 e. The number of nitrogens with one attached hydrogen (secondary N) is 1. The molecule has 2 aromatic carbocycles. The highest BCUT2D eigenvalue weighted by Crippen LogP contribution is 2.23. The number of halogens is 1. The molecule has 0 radical (unpaired) electrons. The maximum atomic E-state index is 4.73. The molecular formula is C20H17BrN4S. The molecule has 1 N–H and O–H groups in total. The van der Waals surface area contributed by atoms with Crippen LogP contribution in [0, 0.1) is 6.92 Å². The number of hydrogen-bond acceptors (Lipinski definition) is 3. The quantitative estimate of drug-likeness (QED) is 0.440. The van der Waals surface area contributed by atoms with Gasteiger partial charge in [0, 0.05) is 45.1 Å². The van der Waals surface area contributed by atoms with Gasteiger partial charge in [0.1, 0.15) is 0 Å². The van der Waals surface area contributed by atoms with Crippen molar-refractivity contribution in [1.29, 1.82) is 0 Å². The van der Waals surface area contributed by atoms with E-state index in [9.17, 15) is 0 Å². The number of nitrogens with zero attached hydrogens (tertiary/aromatic N) is 3. The van der Waals surface area contributed by atoms with Gasteiger partial charge in [-0.2, -0.15) is 5.10 Å². The van der Waals surface area contributed by atoms with Crippen LogP contribution in [0.5, 0.6) is 0 Å². The van der Waals surface area contributed by atoms with Crippen molar-refractivity contribution < 1.29 is 0 Å². The van der Waals surface area contributed by atoms with Gasteiger partial charge in [0.15, 0.2) is 0 Å². The topological polar surface area (TPSA) is 45.4 Å². The van der Waals surface area contributed by atoms with E-state index < -0.39 is 0 Å². The van der Waals surface area contributed by atoms with Crippen LogP contribution in [0.2, 0.25) is 0 Å². The van der Waals surface area contributed by atoms with Crippen molar-refractivity contribution in [3.05, 3.63) is 74.4 Å². The summed E-state index contributed by atoms with van der Waals surface area (Å²) in [5.41, 5.74) is 5.53. The molecule has 0 aliphatic carbocycles. The van der Waals surface area contributed by atoms with Crippen molar-refractivity contribution in [3.63, 3.8) is 0 Å². The van der Waals surface area contributed by atoms with Gasteiger partial charge in [0.2, 0.25) is 4.80 Å². The summed E-state index contributed by atoms with van der Waals surface area (Å²) in [7, 11) is 1.79. The lowest BCUT2D eigenvalue weighted by molar-refractivity contribution is 0.848. The second-order valence-electron chi connectivity index (χ2n) is 5.98. The number of aryl methyl sites for hydroxylation is 1. The van der Waals surface area contributed by atoms with Crippen LogP contribution in [-0.4, -0.2) is 22.9 Å². The van der Waals surface area contributed by atoms with Gasteiger partial charge in [-0.05, 0) is 25.1 Å². The van der Waals surface area contributed by atoms with E-state index in [1.807, 2.05) is 23.2 Å². The summed E-state index contributed by atoms with van der Waals surface area (Å²) in [4.78, 5) is 8.51. The molecule has 6 heteroatoms. The van der Waals surface area contributed by atoms with E-state index in [4.69, 9.17) is 5.10 Å². The molecule has 4 aromatic rings. The standard InChI is InChI=1S/C20H17BrN4S/c1-13-3-5-14(6-4-13)19-12-26-20(22-2)25(19)24-11-15-10-23-18-8-7-16(21)9-17(15)18/h3-12,23H,1-2H3. The van der Waals surface area contributed by atoms with Crippen molar-refractivity contribution in [3.8, 4) is 11.3 Å². The monoisotopic (exact) mass is 424 g/mol. The lowest BCUT2D eigenvalue weighted by Gasteiger charge is -2.04. The molecule has 0 amide bonds. The number of benzene rings is 2.